The Kier molecular flexibility index (Phi) is 6.27. The monoisotopic (exact) mass is 447 g/mol. The minimum atomic E-state index is -0.0912. The molecule has 1 amide bonds. The summed E-state index contributed by atoms with van der Waals surface area (Å²) in [5.74, 6) is 0.916. The maximum atomic E-state index is 13.1. The van der Waals surface area contributed by atoms with Gasteiger partial charge in [0.2, 0.25) is 5.91 Å². The van der Waals surface area contributed by atoms with E-state index in [0.29, 0.717) is 32.9 Å². The highest BCUT2D eigenvalue weighted by Crippen LogP contribution is 2.24. The highest BCUT2D eigenvalue weighted by atomic mass is 35.5. The first kappa shape index (κ1) is 20.4. The Balaban J connectivity index is 1.61. The van der Waals surface area contributed by atoms with Crippen molar-refractivity contribution >= 4 is 50.8 Å². The van der Waals surface area contributed by atoms with E-state index in [9.17, 15) is 9.59 Å². The van der Waals surface area contributed by atoms with E-state index in [1.54, 1.807) is 4.57 Å². The minimum Gasteiger partial charge on any atom is -0.342 e. The summed E-state index contributed by atoms with van der Waals surface area (Å²) in [7, 11) is 0. The number of carbonyl (C=O) groups excluding carboxylic acids is 1. The molecule has 1 saturated heterocycles. The van der Waals surface area contributed by atoms with Gasteiger partial charge in [0.15, 0.2) is 5.16 Å². The molecule has 3 heterocycles. The van der Waals surface area contributed by atoms with Crippen molar-refractivity contribution in [3.05, 3.63) is 56.7 Å². The van der Waals surface area contributed by atoms with Crippen LogP contribution < -0.4 is 5.56 Å². The molecule has 0 unspecified atom stereocenters. The number of thiophene rings is 1. The van der Waals surface area contributed by atoms with Crippen LogP contribution in [0.5, 0.6) is 0 Å². The summed E-state index contributed by atoms with van der Waals surface area (Å²) in [5, 5.41) is 3.03. The first-order valence-corrected chi connectivity index (χ1v) is 11.9. The predicted molar refractivity (Wildman–Crippen MR) is 120 cm³/mol. The topological polar surface area (TPSA) is 55.2 Å². The number of fused-ring (bicyclic) bond motifs is 1. The Hall–Kier alpha value is -1.83. The van der Waals surface area contributed by atoms with Gasteiger partial charge in [0, 0.05) is 18.1 Å². The number of likely N-dealkylation sites (tertiary alicyclic amines) is 1. The maximum absolute atomic E-state index is 13.1. The molecule has 0 bridgehead atoms. The number of rotatable bonds is 5. The van der Waals surface area contributed by atoms with Crippen LogP contribution in [-0.2, 0) is 11.3 Å². The third kappa shape index (κ3) is 4.52. The van der Waals surface area contributed by atoms with Crippen molar-refractivity contribution in [1.82, 2.24) is 14.5 Å². The van der Waals surface area contributed by atoms with E-state index in [1.807, 2.05) is 40.6 Å². The highest BCUT2D eigenvalue weighted by molar-refractivity contribution is 7.99. The molecule has 0 N–H and O–H groups in total. The molecule has 2 aromatic heterocycles. The molecule has 3 aromatic rings. The summed E-state index contributed by atoms with van der Waals surface area (Å²) in [6, 6.07) is 9.33. The van der Waals surface area contributed by atoms with Crippen molar-refractivity contribution in [3.8, 4) is 0 Å². The van der Waals surface area contributed by atoms with Gasteiger partial charge in [-0.15, -0.1) is 11.3 Å². The molecule has 5 nitrogen and oxygen atoms in total. The van der Waals surface area contributed by atoms with Crippen molar-refractivity contribution in [2.75, 3.05) is 18.8 Å². The quantitative estimate of drug-likeness (QED) is 0.426. The fraction of sp³-hybridized carbons (Fsp3) is 0.381. The molecule has 1 aliphatic rings. The van der Waals surface area contributed by atoms with Crippen LogP contribution in [0, 0.1) is 5.92 Å². The molecule has 0 radical (unpaired) electrons. The van der Waals surface area contributed by atoms with Crippen molar-refractivity contribution < 1.29 is 4.79 Å². The highest BCUT2D eigenvalue weighted by Gasteiger charge is 2.22. The Morgan fingerprint density at radius 1 is 1.34 bits per heavy atom. The fourth-order valence-corrected chi connectivity index (χ4v) is 5.48. The van der Waals surface area contributed by atoms with Crippen LogP contribution in [0.25, 0.3) is 10.2 Å². The lowest BCUT2D eigenvalue weighted by atomic mass is 10.0. The van der Waals surface area contributed by atoms with Crippen LogP contribution in [0.3, 0.4) is 0 Å². The molecule has 29 heavy (non-hydrogen) atoms. The number of carbonyl (C=O) groups is 1. The van der Waals surface area contributed by atoms with E-state index in [4.69, 9.17) is 11.6 Å². The second kappa shape index (κ2) is 8.90. The van der Waals surface area contributed by atoms with Crippen molar-refractivity contribution in [1.29, 1.82) is 0 Å². The molecule has 1 fully saturated rings. The van der Waals surface area contributed by atoms with Crippen molar-refractivity contribution in [2.45, 2.75) is 31.5 Å². The summed E-state index contributed by atoms with van der Waals surface area (Å²) < 4.78 is 2.26. The van der Waals surface area contributed by atoms with Crippen molar-refractivity contribution in [3.63, 3.8) is 0 Å². The molecule has 1 aliphatic heterocycles. The average Bonchev–Trinajstić information content (AvgIpc) is 3.19. The van der Waals surface area contributed by atoms with Gasteiger partial charge in [-0.2, -0.15) is 0 Å². The van der Waals surface area contributed by atoms with Gasteiger partial charge in [0.1, 0.15) is 4.70 Å². The third-order valence-electron chi connectivity index (χ3n) is 5.15. The number of nitrogens with zero attached hydrogens (tertiary/aromatic N) is 3. The lowest BCUT2D eigenvalue weighted by molar-refractivity contribution is -0.130. The zero-order chi connectivity index (χ0) is 20.4. The zero-order valence-electron chi connectivity index (χ0n) is 16.1. The van der Waals surface area contributed by atoms with Gasteiger partial charge >= 0.3 is 0 Å². The second-order valence-electron chi connectivity index (χ2n) is 7.39. The molecule has 1 atom stereocenters. The number of amides is 1. The summed E-state index contributed by atoms with van der Waals surface area (Å²) in [5.41, 5.74) is 1.44. The van der Waals surface area contributed by atoms with Gasteiger partial charge in [0.25, 0.3) is 5.56 Å². The first-order chi connectivity index (χ1) is 14.0. The standard InChI is InChI=1S/C21H22ClN3O2S2/c1-14-5-4-9-24(11-14)18(26)13-29-21-23-17-8-10-28-19(17)20(27)25(21)12-15-6-2-3-7-16(15)22/h2-3,6-8,10,14H,4-5,9,11-13H2,1H3/t14-/m0/s1. The Labute approximate surface area is 182 Å². The SMILES string of the molecule is C[C@H]1CCCN(C(=O)CSc2nc3ccsc3c(=O)n2Cc2ccccc2Cl)C1. The van der Waals surface area contributed by atoms with Gasteiger partial charge in [0.05, 0.1) is 17.8 Å². The van der Waals surface area contributed by atoms with Crippen LogP contribution in [0.15, 0.2) is 45.7 Å². The molecular weight excluding hydrogens is 426 g/mol. The molecular formula is C21H22ClN3O2S2. The Morgan fingerprint density at radius 2 is 2.17 bits per heavy atom. The van der Waals surface area contributed by atoms with Crippen LogP contribution in [0.4, 0.5) is 0 Å². The Morgan fingerprint density at radius 3 is 2.97 bits per heavy atom. The molecule has 0 aliphatic carbocycles. The predicted octanol–water partition coefficient (Wildman–Crippen LogP) is 4.51. The first-order valence-electron chi connectivity index (χ1n) is 9.65. The van der Waals surface area contributed by atoms with E-state index in [2.05, 4.69) is 11.9 Å². The molecule has 1 aromatic carbocycles. The van der Waals surface area contributed by atoms with E-state index in [1.165, 1.54) is 29.5 Å². The van der Waals surface area contributed by atoms with Gasteiger partial charge in [-0.1, -0.05) is 48.5 Å². The fourth-order valence-electron chi connectivity index (χ4n) is 3.60. The van der Waals surface area contributed by atoms with Crippen molar-refractivity contribution in [2.24, 2.45) is 5.92 Å². The average molecular weight is 448 g/mol. The van der Waals surface area contributed by atoms with E-state index in [0.717, 1.165) is 25.1 Å². The molecule has 8 heteroatoms. The third-order valence-corrected chi connectivity index (χ3v) is 7.37. The summed E-state index contributed by atoms with van der Waals surface area (Å²) >= 11 is 9.03. The van der Waals surface area contributed by atoms with Gasteiger partial charge < -0.3 is 4.90 Å². The largest absolute Gasteiger partial charge is 0.342 e. The molecule has 152 valence electrons. The lowest BCUT2D eigenvalue weighted by Crippen LogP contribution is -2.40. The van der Waals surface area contributed by atoms with E-state index in [-0.39, 0.29) is 17.2 Å². The summed E-state index contributed by atoms with van der Waals surface area (Å²) in [6.07, 6.45) is 2.22. The van der Waals surface area contributed by atoms with Gasteiger partial charge in [-0.05, 0) is 41.8 Å². The number of halogens is 1. The minimum absolute atomic E-state index is 0.0912. The Bertz CT molecular complexity index is 1090. The number of hydrogen-bond donors (Lipinski definition) is 0. The van der Waals surface area contributed by atoms with Crippen LogP contribution in [0.2, 0.25) is 5.02 Å². The van der Waals surface area contributed by atoms with E-state index >= 15 is 0 Å². The summed E-state index contributed by atoms with van der Waals surface area (Å²) in [6.45, 7) is 4.13. The molecule has 4 rings (SSSR count). The van der Waals surface area contributed by atoms with Gasteiger partial charge in [-0.25, -0.2) is 4.98 Å². The number of thioether (sulfide) groups is 1. The number of hydrogen-bond acceptors (Lipinski definition) is 5. The summed E-state index contributed by atoms with van der Waals surface area (Å²) in [4.78, 5) is 32.4. The molecule has 0 spiro atoms. The van der Waals surface area contributed by atoms with Crippen LogP contribution in [-0.4, -0.2) is 39.2 Å². The zero-order valence-corrected chi connectivity index (χ0v) is 18.5. The molecule has 0 saturated carbocycles. The van der Waals surface area contributed by atoms with Crippen LogP contribution >= 0.6 is 34.7 Å². The van der Waals surface area contributed by atoms with E-state index < -0.39 is 0 Å². The number of benzene rings is 1. The van der Waals surface area contributed by atoms with Gasteiger partial charge in [-0.3, -0.25) is 14.2 Å². The second-order valence-corrected chi connectivity index (χ2v) is 9.65. The number of piperidine rings is 1. The smallest absolute Gasteiger partial charge is 0.272 e. The number of aromatic nitrogens is 2. The maximum Gasteiger partial charge on any atom is 0.272 e. The normalized spacial score (nSPS) is 17.0. The lowest BCUT2D eigenvalue weighted by Gasteiger charge is -2.30. The van der Waals surface area contributed by atoms with Crippen LogP contribution in [0.1, 0.15) is 25.3 Å².